The molecule has 0 N–H and O–H groups in total. The third-order valence-corrected chi connectivity index (χ3v) is 3.62. The van der Waals surface area contributed by atoms with Gasteiger partial charge in [0.2, 0.25) is 0 Å². The Morgan fingerprint density at radius 1 is 1.41 bits per heavy atom. The number of rotatable bonds is 2. The molecule has 0 aliphatic rings. The molecule has 1 heterocycles. The molecule has 1 aromatic carbocycles. The summed E-state index contributed by atoms with van der Waals surface area (Å²) in [4.78, 5) is 15.4. The number of aldehydes is 1. The first-order valence-corrected chi connectivity index (χ1v) is 6.46. The fourth-order valence-electron chi connectivity index (χ4n) is 2.00. The second-order valence-electron chi connectivity index (χ2n) is 4.14. The molecule has 2 aromatic rings. The van der Waals surface area contributed by atoms with E-state index in [0.717, 1.165) is 27.2 Å². The topological polar surface area (TPSA) is 30.0 Å². The predicted octanol–water partition coefficient (Wildman–Crippen LogP) is 4.59. The van der Waals surface area contributed by atoms with Crippen LogP contribution in [0.2, 0.25) is 5.15 Å². The number of carbonyl (C=O) groups is 1. The van der Waals surface area contributed by atoms with Crippen LogP contribution in [0.5, 0.6) is 0 Å². The average Bonchev–Trinajstić information content (AvgIpc) is 2.28. The summed E-state index contributed by atoms with van der Waals surface area (Å²) < 4.78 is 0.885. The van der Waals surface area contributed by atoms with Crippen molar-refractivity contribution in [2.75, 3.05) is 0 Å². The molecular weight excluding hydrogens is 302 g/mol. The van der Waals surface area contributed by atoms with Crippen molar-refractivity contribution in [3.63, 3.8) is 0 Å². The highest BCUT2D eigenvalue weighted by Crippen LogP contribution is 2.33. The first-order valence-electron chi connectivity index (χ1n) is 5.29. The van der Waals surface area contributed by atoms with E-state index in [9.17, 15) is 4.79 Å². The maximum atomic E-state index is 11.1. The van der Waals surface area contributed by atoms with Crippen molar-refractivity contribution in [1.29, 1.82) is 0 Å². The number of carbonyl (C=O) groups excluding carboxylic acids is 1. The molecule has 4 heteroatoms. The molecule has 0 radical (unpaired) electrons. The highest BCUT2D eigenvalue weighted by atomic mass is 79.9. The van der Waals surface area contributed by atoms with Gasteiger partial charge in [-0.05, 0) is 33.5 Å². The number of halogens is 2. The number of benzene rings is 1. The second-order valence-corrected chi connectivity index (χ2v) is 5.35. The van der Waals surface area contributed by atoms with Crippen molar-refractivity contribution in [2.24, 2.45) is 0 Å². The van der Waals surface area contributed by atoms with Gasteiger partial charge in [-0.15, -0.1) is 0 Å². The largest absolute Gasteiger partial charge is 0.298 e. The van der Waals surface area contributed by atoms with Gasteiger partial charge in [0.05, 0.1) is 11.1 Å². The first-order chi connectivity index (χ1) is 8.06. The van der Waals surface area contributed by atoms with E-state index in [4.69, 9.17) is 11.6 Å². The molecular formula is C13H11BrClNO. The standard InChI is InChI=1S/C13H11BrClNO/c1-7(2)11-8-4-3-5-10(14)12(8)16-13(15)9(11)6-17/h3-7H,1-2H3. The Labute approximate surface area is 113 Å². The van der Waals surface area contributed by atoms with E-state index in [1.54, 1.807) is 0 Å². The van der Waals surface area contributed by atoms with Crippen LogP contribution in [0.3, 0.4) is 0 Å². The molecule has 88 valence electrons. The van der Waals surface area contributed by atoms with Crippen LogP contribution in [0, 0.1) is 0 Å². The van der Waals surface area contributed by atoms with E-state index in [-0.39, 0.29) is 11.1 Å². The minimum absolute atomic E-state index is 0.215. The molecule has 0 fully saturated rings. The molecule has 0 saturated heterocycles. The summed E-state index contributed by atoms with van der Waals surface area (Å²) in [5.74, 6) is 0.215. The lowest BCUT2D eigenvalue weighted by Gasteiger charge is -2.14. The zero-order valence-corrected chi connectivity index (χ0v) is 11.8. The molecule has 0 aliphatic heterocycles. The minimum Gasteiger partial charge on any atom is -0.298 e. The van der Waals surface area contributed by atoms with Gasteiger partial charge >= 0.3 is 0 Å². The molecule has 17 heavy (non-hydrogen) atoms. The number of aromatic nitrogens is 1. The number of para-hydroxylation sites is 1. The molecule has 2 nitrogen and oxygen atoms in total. The molecule has 0 aliphatic carbocycles. The maximum absolute atomic E-state index is 11.1. The quantitative estimate of drug-likeness (QED) is 0.600. The molecule has 0 atom stereocenters. The van der Waals surface area contributed by atoms with Crippen LogP contribution in [0.4, 0.5) is 0 Å². The lowest BCUT2D eigenvalue weighted by atomic mass is 9.94. The molecule has 0 amide bonds. The summed E-state index contributed by atoms with van der Waals surface area (Å²) in [7, 11) is 0. The van der Waals surface area contributed by atoms with E-state index in [1.165, 1.54) is 0 Å². The SMILES string of the molecule is CC(C)c1c(C=O)c(Cl)nc2c(Br)cccc12. The highest BCUT2D eigenvalue weighted by molar-refractivity contribution is 9.10. The third kappa shape index (κ3) is 2.09. The highest BCUT2D eigenvalue weighted by Gasteiger charge is 2.16. The van der Waals surface area contributed by atoms with Gasteiger partial charge in [0.15, 0.2) is 6.29 Å². The molecule has 2 rings (SSSR count). The van der Waals surface area contributed by atoms with Crippen molar-refractivity contribution in [3.8, 4) is 0 Å². The number of hydrogen-bond acceptors (Lipinski definition) is 2. The van der Waals surface area contributed by atoms with Crippen molar-refractivity contribution in [1.82, 2.24) is 4.98 Å². The van der Waals surface area contributed by atoms with Crippen LogP contribution in [0.15, 0.2) is 22.7 Å². The average molecular weight is 313 g/mol. The number of hydrogen-bond donors (Lipinski definition) is 0. The Bertz CT molecular complexity index is 595. The summed E-state index contributed by atoms with van der Waals surface area (Å²) in [6.07, 6.45) is 0.783. The first kappa shape index (κ1) is 12.5. The molecule has 0 spiro atoms. The van der Waals surface area contributed by atoms with E-state index in [0.29, 0.717) is 5.56 Å². The van der Waals surface area contributed by atoms with E-state index in [1.807, 2.05) is 32.0 Å². The number of nitrogens with zero attached hydrogens (tertiary/aromatic N) is 1. The van der Waals surface area contributed by atoms with Crippen molar-refractivity contribution < 1.29 is 4.79 Å². The Balaban J connectivity index is 2.98. The Morgan fingerprint density at radius 2 is 2.12 bits per heavy atom. The normalized spacial score (nSPS) is 11.1. The Kier molecular flexibility index (Phi) is 3.50. The second kappa shape index (κ2) is 4.75. The van der Waals surface area contributed by atoms with Crippen molar-refractivity contribution >= 4 is 44.7 Å². The summed E-state index contributed by atoms with van der Waals surface area (Å²) in [6, 6.07) is 5.81. The zero-order chi connectivity index (χ0) is 12.6. The van der Waals surface area contributed by atoms with Gasteiger partial charge in [0.1, 0.15) is 5.15 Å². The summed E-state index contributed by atoms with van der Waals surface area (Å²) >= 11 is 9.51. The van der Waals surface area contributed by atoms with Crippen LogP contribution in [-0.4, -0.2) is 11.3 Å². The van der Waals surface area contributed by atoms with Crippen LogP contribution in [-0.2, 0) is 0 Å². The van der Waals surface area contributed by atoms with Crippen molar-refractivity contribution in [3.05, 3.63) is 39.0 Å². The maximum Gasteiger partial charge on any atom is 0.153 e. The van der Waals surface area contributed by atoms with Gasteiger partial charge < -0.3 is 0 Å². The van der Waals surface area contributed by atoms with Gasteiger partial charge in [-0.3, -0.25) is 4.79 Å². The number of pyridine rings is 1. The van der Waals surface area contributed by atoms with Crippen LogP contribution in [0.1, 0.15) is 35.7 Å². The van der Waals surface area contributed by atoms with Crippen LogP contribution >= 0.6 is 27.5 Å². The molecule has 0 bridgehead atoms. The Morgan fingerprint density at radius 3 is 2.71 bits per heavy atom. The van der Waals surface area contributed by atoms with Gasteiger partial charge in [-0.1, -0.05) is 37.6 Å². The Hall–Kier alpha value is -0.930. The van der Waals surface area contributed by atoms with Crippen LogP contribution < -0.4 is 0 Å². The zero-order valence-electron chi connectivity index (χ0n) is 9.50. The van der Waals surface area contributed by atoms with Gasteiger partial charge in [0.25, 0.3) is 0 Å². The van der Waals surface area contributed by atoms with Crippen molar-refractivity contribution in [2.45, 2.75) is 19.8 Å². The fraction of sp³-hybridized carbons (Fsp3) is 0.231. The summed E-state index contributed by atoms with van der Waals surface area (Å²) in [5, 5.41) is 1.24. The van der Waals surface area contributed by atoms with Crippen LogP contribution in [0.25, 0.3) is 10.9 Å². The molecule has 1 aromatic heterocycles. The van der Waals surface area contributed by atoms with E-state index < -0.39 is 0 Å². The van der Waals surface area contributed by atoms with Gasteiger partial charge in [-0.25, -0.2) is 4.98 Å². The fourth-order valence-corrected chi connectivity index (χ4v) is 2.68. The van der Waals surface area contributed by atoms with Gasteiger partial charge in [-0.2, -0.15) is 0 Å². The molecule has 0 saturated carbocycles. The van der Waals surface area contributed by atoms with Gasteiger partial charge in [0, 0.05) is 9.86 Å². The number of fused-ring (bicyclic) bond motifs is 1. The predicted molar refractivity (Wildman–Crippen MR) is 73.9 cm³/mol. The monoisotopic (exact) mass is 311 g/mol. The minimum atomic E-state index is 0.215. The third-order valence-electron chi connectivity index (χ3n) is 2.69. The lowest BCUT2D eigenvalue weighted by molar-refractivity contribution is 0.112. The smallest absolute Gasteiger partial charge is 0.153 e. The summed E-state index contributed by atoms with van der Waals surface area (Å²) in [6.45, 7) is 4.08. The summed E-state index contributed by atoms with van der Waals surface area (Å²) in [5.41, 5.74) is 2.25. The molecule has 0 unspecified atom stereocenters. The van der Waals surface area contributed by atoms with E-state index in [2.05, 4.69) is 20.9 Å². The van der Waals surface area contributed by atoms with E-state index >= 15 is 0 Å². The lowest BCUT2D eigenvalue weighted by Crippen LogP contribution is -2.00.